The van der Waals surface area contributed by atoms with E-state index >= 15 is 0 Å². The van der Waals surface area contributed by atoms with Crippen LogP contribution in [0.2, 0.25) is 0 Å². The molecule has 0 aromatic carbocycles. The fourth-order valence-corrected chi connectivity index (χ4v) is 2.34. The highest BCUT2D eigenvalue weighted by Crippen LogP contribution is 2.35. The lowest BCUT2D eigenvalue weighted by atomic mass is 9.89. The van der Waals surface area contributed by atoms with Crippen LogP contribution in [-0.2, 0) is 0 Å². The van der Waals surface area contributed by atoms with E-state index in [9.17, 15) is 0 Å². The minimum Gasteiger partial charge on any atom is -0.261 e. The molecule has 1 fully saturated rings. The average Bonchev–Trinajstić information content (AvgIpc) is 2.71. The van der Waals surface area contributed by atoms with Gasteiger partial charge < -0.3 is 0 Å². The summed E-state index contributed by atoms with van der Waals surface area (Å²) in [7, 11) is 0. The van der Waals surface area contributed by atoms with Gasteiger partial charge in [0.2, 0.25) is 0 Å². The number of aromatic nitrogens is 1. The Balaban J connectivity index is 2.08. The van der Waals surface area contributed by atoms with Gasteiger partial charge in [-0.15, -0.1) is 0 Å². The molecule has 1 aromatic rings. The Hall–Kier alpha value is -0.850. The van der Waals surface area contributed by atoms with Crippen LogP contribution in [0.4, 0.5) is 0 Å². The van der Waals surface area contributed by atoms with Crippen molar-refractivity contribution in [2.45, 2.75) is 38.5 Å². The Morgan fingerprint density at radius 3 is 2.69 bits per heavy atom. The van der Waals surface area contributed by atoms with Gasteiger partial charge in [-0.2, -0.15) is 0 Å². The molecule has 1 atom stereocenters. The highest BCUT2D eigenvalue weighted by molar-refractivity contribution is 5.10. The standard InChI is InChI=1S/C12H17N/c1-10(11-6-2-3-7-11)12-8-4-5-9-13-12/h4-5,8-11H,2-3,6-7H2,1H3. The summed E-state index contributed by atoms with van der Waals surface area (Å²) in [5, 5.41) is 0. The van der Waals surface area contributed by atoms with Gasteiger partial charge in [0, 0.05) is 17.8 Å². The van der Waals surface area contributed by atoms with E-state index in [1.807, 2.05) is 12.3 Å². The predicted molar refractivity (Wildman–Crippen MR) is 54.6 cm³/mol. The zero-order valence-electron chi connectivity index (χ0n) is 8.24. The second-order valence-electron chi connectivity index (χ2n) is 4.09. The Morgan fingerprint density at radius 1 is 1.31 bits per heavy atom. The van der Waals surface area contributed by atoms with Crippen LogP contribution in [0.5, 0.6) is 0 Å². The van der Waals surface area contributed by atoms with Crippen molar-refractivity contribution < 1.29 is 0 Å². The molecule has 1 nitrogen and oxygen atoms in total. The highest BCUT2D eigenvalue weighted by Gasteiger charge is 2.22. The Morgan fingerprint density at radius 2 is 2.08 bits per heavy atom. The topological polar surface area (TPSA) is 12.9 Å². The SMILES string of the molecule is CC(c1ccccn1)C1CCCC1. The van der Waals surface area contributed by atoms with Crippen molar-refractivity contribution in [3.63, 3.8) is 0 Å². The molecule has 2 rings (SSSR count). The van der Waals surface area contributed by atoms with E-state index in [0.717, 1.165) is 5.92 Å². The third kappa shape index (κ3) is 1.90. The third-order valence-electron chi connectivity index (χ3n) is 3.26. The second kappa shape index (κ2) is 3.91. The summed E-state index contributed by atoms with van der Waals surface area (Å²) >= 11 is 0. The van der Waals surface area contributed by atoms with Gasteiger partial charge in [-0.25, -0.2) is 0 Å². The van der Waals surface area contributed by atoms with Gasteiger partial charge in [0.05, 0.1) is 0 Å². The van der Waals surface area contributed by atoms with Gasteiger partial charge in [0.1, 0.15) is 0 Å². The lowest BCUT2D eigenvalue weighted by Crippen LogP contribution is -2.07. The molecule has 1 heterocycles. The van der Waals surface area contributed by atoms with Gasteiger partial charge >= 0.3 is 0 Å². The van der Waals surface area contributed by atoms with Crippen LogP contribution < -0.4 is 0 Å². The molecule has 13 heavy (non-hydrogen) atoms. The van der Waals surface area contributed by atoms with Crippen molar-refractivity contribution >= 4 is 0 Å². The molecule has 1 saturated carbocycles. The van der Waals surface area contributed by atoms with Gasteiger partial charge in [0.25, 0.3) is 0 Å². The van der Waals surface area contributed by atoms with Crippen molar-refractivity contribution in [3.05, 3.63) is 30.1 Å². The quantitative estimate of drug-likeness (QED) is 0.671. The summed E-state index contributed by atoms with van der Waals surface area (Å²) in [6.45, 7) is 2.32. The lowest BCUT2D eigenvalue weighted by Gasteiger charge is -2.17. The minimum atomic E-state index is 0.656. The number of nitrogens with zero attached hydrogens (tertiary/aromatic N) is 1. The largest absolute Gasteiger partial charge is 0.261 e. The van der Waals surface area contributed by atoms with Crippen molar-refractivity contribution in [3.8, 4) is 0 Å². The molecule has 0 amide bonds. The smallest absolute Gasteiger partial charge is 0.0434 e. The Kier molecular flexibility index (Phi) is 2.62. The summed E-state index contributed by atoms with van der Waals surface area (Å²) in [5.74, 6) is 1.54. The summed E-state index contributed by atoms with van der Waals surface area (Å²) in [5.41, 5.74) is 1.27. The van der Waals surface area contributed by atoms with E-state index < -0.39 is 0 Å². The first-order chi connectivity index (χ1) is 6.38. The Labute approximate surface area is 80.2 Å². The zero-order valence-corrected chi connectivity index (χ0v) is 8.24. The summed E-state index contributed by atoms with van der Waals surface area (Å²) < 4.78 is 0. The number of pyridine rings is 1. The normalized spacial score (nSPS) is 20.4. The van der Waals surface area contributed by atoms with Crippen LogP contribution in [0.3, 0.4) is 0 Å². The van der Waals surface area contributed by atoms with Crippen LogP contribution in [0.15, 0.2) is 24.4 Å². The Bertz CT molecular complexity index is 249. The molecular formula is C12H17N. The monoisotopic (exact) mass is 175 g/mol. The number of hydrogen-bond acceptors (Lipinski definition) is 1. The van der Waals surface area contributed by atoms with E-state index in [1.165, 1.54) is 31.4 Å². The summed E-state index contributed by atoms with van der Waals surface area (Å²) in [6.07, 6.45) is 7.54. The highest BCUT2D eigenvalue weighted by atomic mass is 14.7. The molecular weight excluding hydrogens is 158 g/mol. The first-order valence-corrected chi connectivity index (χ1v) is 5.29. The maximum absolute atomic E-state index is 4.42. The predicted octanol–water partition coefficient (Wildman–Crippen LogP) is 3.38. The van der Waals surface area contributed by atoms with Crippen molar-refractivity contribution in [1.82, 2.24) is 4.98 Å². The first kappa shape index (κ1) is 8.74. The molecule has 0 radical (unpaired) electrons. The molecule has 70 valence electrons. The molecule has 1 aliphatic carbocycles. The fourth-order valence-electron chi connectivity index (χ4n) is 2.34. The fraction of sp³-hybridized carbons (Fsp3) is 0.583. The van der Waals surface area contributed by atoms with Gasteiger partial charge in [-0.05, 0) is 30.9 Å². The van der Waals surface area contributed by atoms with E-state index in [2.05, 4.69) is 24.0 Å². The lowest BCUT2D eigenvalue weighted by molar-refractivity contribution is 0.453. The molecule has 0 N–H and O–H groups in total. The van der Waals surface area contributed by atoms with Gasteiger partial charge in [-0.1, -0.05) is 25.8 Å². The summed E-state index contributed by atoms with van der Waals surface area (Å²) in [6, 6.07) is 6.24. The second-order valence-corrected chi connectivity index (χ2v) is 4.09. The van der Waals surface area contributed by atoms with Crippen molar-refractivity contribution in [2.75, 3.05) is 0 Å². The molecule has 0 saturated heterocycles. The number of rotatable bonds is 2. The van der Waals surface area contributed by atoms with Crippen LogP contribution in [0.1, 0.15) is 44.2 Å². The van der Waals surface area contributed by atoms with Crippen molar-refractivity contribution in [2.24, 2.45) is 5.92 Å². The van der Waals surface area contributed by atoms with Crippen LogP contribution >= 0.6 is 0 Å². The molecule has 1 aromatic heterocycles. The van der Waals surface area contributed by atoms with E-state index in [1.54, 1.807) is 0 Å². The molecule has 0 spiro atoms. The molecule has 1 aliphatic rings. The van der Waals surface area contributed by atoms with Crippen LogP contribution in [-0.4, -0.2) is 4.98 Å². The zero-order chi connectivity index (χ0) is 9.10. The van der Waals surface area contributed by atoms with Crippen molar-refractivity contribution in [1.29, 1.82) is 0 Å². The molecule has 1 heteroatoms. The van der Waals surface area contributed by atoms with E-state index in [0.29, 0.717) is 5.92 Å². The maximum Gasteiger partial charge on any atom is 0.0434 e. The van der Waals surface area contributed by atoms with E-state index in [4.69, 9.17) is 0 Å². The molecule has 0 aliphatic heterocycles. The van der Waals surface area contributed by atoms with Gasteiger partial charge in [-0.3, -0.25) is 4.98 Å². The minimum absolute atomic E-state index is 0.656. The van der Waals surface area contributed by atoms with Gasteiger partial charge in [0.15, 0.2) is 0 Å². The van der Waals surface area contributed by atoms with Crippen LogP contribution in [0.25, 0.3) is 0 Å². The third-order valence-corrected chi connectivity index (χ3v) is 3.26. The number of hydrogen-bond donors (Lipinski definition) is 0. The first-order valence-electron chi connectivity index (χ1n) is 5.29. The maximum atomic E-state index is 4.42. The average molecular weight is 175 g/mol. The van der Waals surface area contributed by atoms with E-state index in [-0.39, 0.29) is 0 Å². The molecule has 1 unspecified atom stereocenters. The summed E-state index contributed by atoms with van der Waals surface area (Å²) in [4.78, 5) is 4.42. The molecule has 0 bridgehead atoms. The van der Waals surface area contributed by atoms with Crippen LogP contribution in [0, 0.1) is 5.92 Å².